The lowest BCUT2D eigenvalue weighted by atomic mass is 9.93. The van der Waals surface area contributed by atoms with Crippen LogP contribution in [0.1, 0.15) is 40.5 Å². The Balaban J connectivity index is 4.58. The molecule has 6 heteroatoms. The summed E-state index contributed by atoms with van der Waals surface area (Å²) in [5.41, 5.74) is -0.996. The summed E-state index contributed by atoms with van der Waals surface area (Å²) in [5, 5.41) is 26.2. The third kappa shape index (κ3) is 7.49. The van der Waals surface area contributed by atoms with Crippen molar-refractivity contribution in [1.29, 1.82) is 10.5 Å². The van der Waals surface area contributed by atoms with E-state index in [1.165, 1.54) is 0 Å². The van der Waals surface area contributed by atoms with E-state index in [2.05, 4.69) is 22.4 Å². The smallest absolute Gasteiger partial charge is 0.0886 e. The van der Waals surface area contributed by atoms with Crippen LogP contribution in [0.4, 0.5) is 0 Å². The molecule has 0 aliphatic rings. The minimum Gasteiger partial charge on any atom is -0.376 e. The van der Waals surface area contributed by atoms with Crippen molar-refractivity contribution in [3.8, 4) is 12.1 Å². The zero-order valence-electron chi connectivity index (χ0n) is 14.6. The third-order valence-corrected chi connectivity index (χ3v) is 3.81. The van der Waals surface area contributed by atoms with Crippen LogP contribution in [0.15, 0.2) is 10.2 Å². The normalized spacial score (nSPS) is 19.6. The first-order chi connectivity index (χ1) is 10.2. The van der Waals surface area contributed by atoms with E-state index >= 15 is 0 Å². The molecule has 0 aromatic rings. The molecule has 0 N–H and O–H groups in total. The third-order valence-electron chi connectivity index (χ3n) is 3.81. The summed E-state index contributed by atoms with van der Waals surface area (Å²) >= 11 is 0. The Morgan fingerprint density at radius 3 is 1.41 bits per heavy atom. The van der Waals surface area contributed by atoms with Gasteiger partial charge in [-0.3, -0.25) is 0 Å². The number of azo groups is 1. The second kappa shape index (κ2) is 9.50. The fraction of sp³-hybridized carbons (Fsp3) is 0.875. The Hall–Kier alpha value is -1.50. The molecule has 22 heavy (non-hydrogen) atoms. The highest BCUT2D eigenvalue weighted by Gasteiger charge is 2.28. The summed E-state index contributed by atoms with van der Waals surface area (Å²) in [6, 6.07) is 4.41. The zero-order valence-corrected chi connectivity index (χ0v) is 14.6. The summed E-state index contributed by atoms with van der Waals surface area (Å²) in [4.78, 5) is 0. The van der Waals surface area contributed by atoms with Crippen LogP contribution < -0.4 is 0 Å². The molecule has 0 aromatic heterocycles. The lowest BCUT2D eigenvalue weighted by molar-refractivity contribution is -0.00692. The highest BCUT2D eigenvalue weighted by molar-refractivity contribution is 4.90. The number of ether oxygens (including phenoxy) is 2. The molecule has 124 valence electrons. The number of hydrogen-bond acceptors (Lipinski definition) is 6. The molecular formula is C16H28N4O2. The van der Waals surface area contributed by atoms with Gasteiger partial charge in [-0.25, -0.2) is 0 Å². The molecule has 0 aliphatic carbocycles. The first-order valence-corrected chi connectivity index (χ1v) is 7.47. The topological polar surface area (TPSA) is 90.8 Å². The van der Waals surface area contributed by atoms with Gasteiger partial charge in [0.05, 0.1) is 36.4 Å². The average molecular weight is 308 g/mol. The molecule has 4 atom stereocenters. The molecule has 0 aliphatic heterocycles. The molecular weight excluding hydrogens is 280 g/mol. The van der Waals surface area contributed by atoms with E-state index in [1.807, 2.05) is 27.7 Å². The van der Waals surface area contributed by atoms with Gasteiger partial charge in [0, 0.05) is 26.1 Å². The minimum atomic E-state index is -0.498. The maximum atomic E-state index is 8.91. The van der Waals surface area contributed by atoms with Gasteiger partial charge in [0.1, 0.15) is 0 Å². The van der Waals surface area contributed by atoms with Crippen molar-refractivity contribution < 1.29 is 9.47 Å². The fourth-order valence-corrected chi connectivity index (χ4v) is 2.21. The van der Waals surface area contributed by atoms with Gasteiger partial charge in [0.15, 0.2) is 0 Å². The number of methoxy groups -OCH3 is 2. The van der Waals surface area contributed by atoms with E-state index in [4.69, 9.17) is 20.0 Å². The average Bonchev–Trinajstić information content (AvgIpc) is 2.51. The van der Waals surface area contributed by atoms with E-state index in [-0.39, 0.29) is 11.8 Å². The van der Waals surface area contributed by atoms with Crippen LogP contribution in [0.5, 0.6) is 0 Å². The number of nitriles is 2. The Morgan fingerprint density at radius 2 is 1.18 bits per heavy atom. The molecule has 0 bridgehead atoms. The van der Waals surface area contributed by atoms with Gasteiger partial charge in [0.25, 0.3) is 0 Å². The standard InChI is InChI=1S/C16H28N4O2/c1-13(9-17)7-15(3,21-5)11-19-20-12-16(4,22-6)8-14(2)10-18/h13-14H,7-8,11-12H2,1-6H3. The van der Waals surface area contributed by atoms with Gasteiger partial charge in [-0.2, -0.15) is 20.8 Å². The lowest BCUT2D eigenvalue weighted by Crippen LogP contribution is -2.34. The van der Waals surface area contributed by atoms with Crippen LogP contribution in [0.2, 0.25) is 0 Å². The molecule has 0 rings (SSSR count). The van der Waals surface area contributed by atoms with E-state index in [9.17, 15) is 0 Å². The first kappa shape index (κ1) is 20.5. The largest absolute Gasteiger partial charge is 0.376 e. The van der Waals surface area contributed by atoms with Crippen LogP contribution in [-0.2, 0) is 9.47 Å². The predicted octanol–water partition coefficient (Wildman–Crippen LogP) is 3.35. The Morgan fingerprint density at radius 1 is 0.864 bits per heavy atom. The summed E-state index contributed by atoms with van der Waals surface area (Å²) in [7, 11) is 3.24. The maximum absolute atomic E-state index is 8.91. The highest BCUT2D eigenvalue weighted by atomic mass is 16.5. The quantitative estimate of drug-likeness (QED) is 0.579. The van der Waals surface area contributed by atoms with Crippen molar-refractivity contribution in [3.63, 3.8) is 0 Å². The van der Waals surface area contributed by atoms with Gasteiger partial charge in [-0.15, -0.1) is 0 Å². The predicted molar refractivity (Wildman–Crippen MR) is 84.2 cm³/mol. The molecule has 0 saturated heterocycles. The Labute approximate surface area is 134 Å². The van der Waals surface area contributed by atoms with Crippen molar-refractivity contribution >= 4 is 0 Å². The summed E-state index contributed by atoms with van der Waals surface area (Å²) in [6.45, 7) is 8.35. The van der Waals surface area contributed by atoms with Crippen molar-refractivity contribution in [2.45, 2.75) is 51.7 Å². The monoisotopic (exact) mass is 308 g/mol. The molecule has 0 amide bonds. The SMILES string of the molecule is COC(C)(CN=NCC(C)(CC(C)C#N)OC)CC(C)C#N. The Bertz CT molecular complexity index is 400. The molecule has 0 heterocycles. The van der Waals surface area contributed by atoms with Gasteiger partial charge >= 0.3 is 0 Å². The molecule has 6 nitrogen and oxygen atoms in total. The summed E-state index contributed by atoms with van der Waals surface area (Å²) in [5.74, 6) is -0.193. The highest BCUT2D eigenvalue weighted by Crippen LogP contribution is 2.23. The van der Waals surface area contributed by atoms with E-state index in [0.717, 1.165) is 0 Å². The minimum absolute atomic E-state index is 0.0964. The molecule has 0 radical (unpaired) electrons. The first-order valence-electron chi connectivity index (χ1n) is 7.47. The fourth-order valence-electron chi connectivity index (χ4n) is 2.21. The molecule has 0 saturated carbocycles. The van der Waals surface area contributed by atoms with Crippen LogP contribution in [0.3, 0.4) is 0 Å². The van der Waals surface area contributed by atoms with Crippen LogP contribution in [-0.4, -0.2) is 38.5 Å². The number of nitrogens with zero attached hydrogens (tertiary/aromatic N) is 4. The lowest BCUT2D eigenvalue weighted by Gasteiger charge is -2.28. The maximum Gasteiger partial charge on any atom is 0.0886 e. The van der Waals surface area contributed by atoms with E-state index in [1.54, 1.807) is 14.2 Å². The van der Waals surface area contributed by atoms with E-state index < -0.39 is 11.2 Å². The second-order valence-electron chi connectivity index (χ2n) is 6.38. The van der Waals surface area contributed by atoms with Gasteiger partial charge in [0.2, 0.25) is 0 Å². The summed E-state index contributed by atoms with van der Waals surface area (Å²) in [6.07, 6.45) is 1.21. The van der Waals surface area contributed by atoms with Crippen molar-refractivity contribution in [2.75, 3.05) is 27.3 Å². The van der Waals surface area contributed by atoms with Gasteiger partial charge in [-0.1, -0.05) is 0 Å². The molecule has 0 spiro atoms. The van der Waals surface area contributed by atoms with Crippen LogP contribution >= 0.6 is 0 Å². The van der Waals surface area contributed by atoms with E-state index in [0.29, 0.717) is 25.9 Å². The second-order valence-corrected chi connectivity index (χ2v) is 6.38. The molecule has 0 fully saturated rings. The number of hydrogen-bond donors (Lipinski definition) is 0. The Kier molecular flexibility index (Phi) is 8.86. The van der Waals surface area contributed by atoms with Crippen molar-refractivity contribution in [2.24, 2.45) is 22.1 Å². The van der Waals surface area contributed by atoms with Crippen molar-refractivity contribution in [1.82, 2.24) is 0 Å². The van der Waals surface area contributed by atoms with Crippen LogP contribution in [0, 0.1) is 34.5 Å². The van der Waals surface area contributed by atoms with Gasteiger partial charge < -0.3 is 9.47 Å². The molecule has 0 aromatic carbocycles. The zero-order chi connectivity index (χ0) is 17.2. The van der Waals surface area contributed by atoms with Crippen LogP contribution in [0.25, 0.3) is 0 Å². The molecule has 4 unspecified atom stereocenters. The van der Waals surface area contributed by atoms with Crippen molar-refractivity contribution in [3.05, 3.63) is 0 Å². The summed E-state index contributed by atoms with van der Waals surface area (Å²) < 4.78 is 10.9. The number of rotatable bonds is 10. The van der Waals surface area contributed by atoms with Gasteiger partial charge in [-0.05, 0) is 40.5 Å².